The Bertz CT molecular complexity index is 692. The lowest BCUT2D eigenvalue weighted by Gasteiger charge is -2.34. The predicted molar refractivity (Wildman–Crippen MR) is 80.9 cm³/mol. The number of hydrogen-bond donors (Lipinski definition) is 2. The van der Waals surface area contributed by atoms with E-state index in [0.717, 1.165) is 15.8 Å². The van der Waals surface area contributed by atoms with Gasteiger partial charge in [0.15, 0.2) is 0 Å². The molecule has 0 unspecified atom stereocenters. The fraction of sp³-hybridized carbons (Fsp3) is 0.500. The zero-order chi connectivity index (χ0) is 15.0. The topological polar surface area (TPSA) is 84.3 Å². The largest absolute Gasteiger partial charge is 0.480 e. The molecule has 0 amide bonds. The van der Waals surface area contributed by atoms with E-state index in [1.54, 1.807) is 11.3 Å². The van der Waals surface area contributed by atoms with Gasteiger partial charge in [-0.3, -0.25) is 0 Å². The number of nitrogens with one attached hydrogen (secondary N) is 1. The Kier molecular flexibility index (Phi) is 3.54. The van der Waals surface area contributed by atoms with E-state index in [-0.39, 0.29) is 0 Å². The quantitative estimate of drug-likeness (QED) is 0.905. The highest BCUT2D eigenvalue weighted by Gasteiger charge is 2.41. The lowest BCUT2D eigenvalue weighted by molar-refractivity contribution is -0.145. The van der Waals surface area contributed by atoms with Gasteiger partial charge in [0.2, 0.25) is 0 Å². The second kappa shape index (κ2) is 5.23. The third-order valence-electron chi connectivity index (χ3n) is 4.08. The van der Waals surface area contributed by atoms with Crippen molar-refractivity contribution in [3.63, 3.8) is 0 Å². The molecule has 0 atom stereocenters. The molecule has 1 aliphatic rings. The van der Waals surface area contributed by atoms with Crippen LogP contribution in [0.3, 0.4) is 0 Å². The average molecular weight is 307 g/mol. The number of anilines is 1. The minimum Gasteiger partial charge on any atom is -0.480 e. The van der Waals surface area contributed by atoms with Crippen molar-refractivity contribution in [1.29, 1.82) is 0 Å². The lowest BCUT2D eigenvalue weighted by Crippen LogP contribution is -2.50. The van der Waals surface area contributed by atoms with E-state index < -0.39 is 11.5 Å². The van der Waals surface area contributed by atoms with Gasteiger partial charge in [-0.05, 0) is 19.4 Å². The zero-order valence-corrected chi connectivity index (χ0v) is 12.8. The summed E-state index contributed by atoms with van der Waals surface area (Å²) in [7, 11) is 0. The van der Waals surface area contributed by atoms with Crippen molar-refractivity contribution in [2.24, 2.45) is 0 Å². The van der Waals surface area contributed by atoms with Crippen LogP contribution in [0.1, 0.15) is 23.3 Å². The molecule has 6 nitrogen and oxygen atoms in total. The number of thiophene rings is 1. The SMILES string of the molecule is Cc1sc2ncnc(NC3(C(=O)O)CCOCC3)c2c1C. The molecule has 0 bridgehead atoms. The van der Waals surface area contributed by atoms with Crippen LogP contribution in [0.25, 0.3) is 10.2 Å². The van der Waals surface area contributed by atoms with Crippen LogP contribution >= 0.6 is 11.3 Å². The number of aromatic nitrogens is 2. The number of fused-ring (bicyclic) bond motifs is 1. The summed E-state index contributed by atoms with van der Waals surface area (Å²) in [4.78, 5) is 22.4. The monoisotopic (exact) mass is 307 g/mol. The first-order valence-electron chi connectivity index (χ1n) is 6.83. The summed E-state index contributed by atoms with van der Waals surface area (Å²) in [5.74, 6) is -0.256. The van der Waals surface area contributed by atoms with Gasteiger partial charge < -0.3 is 15.2 Å². The summed E-state index contributed by atoms with van der Waals surface area (Å²) in [6.45, 7) is 4.93. The van der Waals surface area contributed by atoms with Crippen molar-refractivity contribution in [1.82, 2.24) is 9.97 Å². The Morgan fingerprint density at radius 2 is 2.10 bits per heavy atom. The van der Waals surface area contributed by atoms with E-state index in [1.165, 1.54) is 11.2 Å². The molecule has 2 aromatic rings. The highest BCUT2D eigenvalue weighted by atomic mass is 32.1. The summed E-state index contributed by atoms with van der Waals surface area (Å²) in [5.41, 5.74) is 0.0904. The molecule has 1 saturated heterocycles. The van der Waals surface area contributed by atoms with Gasteiger partial charge in [0.05, 0.1) is 5.39 Å². The third-order valence-corrected chi connectivity index (χ3v) is 5.19. The molecule has 2 N–H and O–H groups in total. The molecule has 112 valence electrons. The van der Waals surface area contributed by atoms with Crippen LogP contribution < -0.4 is 5.32 Å². The Morgan fingerprint density at radius 3 is 2.76 bits per heavy atom. The summed E-state index contributed by atoms with van der Waals surface area (Å²) in [6.07, 6.45) is 2.33. The van der Waals surface area contributed by atoms with Crippen LogP contribution in [-0.4, -0.2) is 39.8 Å². The Hall–Kier alpha value is -1.73. The minimum absolute atomic E-state index is 0.427. The van der Waals surface area contributed by atoms with Crippen molar-refractivity contribution in [2.45, 2.75) is 32.2 Å². The van der Waals surface area contributed by atoms with Crippen LogP contribution in [0, 0.1) is 13.8 Å². The molecule has 0 aromatic carbocycles. The van der Waals surface area contributed by atoms with E-state index in [4.69, 9.17) is 4.74 Å². The van der Waals surface area contributed by atoms with Gasteiger partial charge in [0.25, 0.3) is 0 Å². The standard InChI is InChI=1S/C14H17N3O3S/c1-8-9(2)21-12-10(8)11(15-7-16-12)17-14(13(18)19)3-5-20-6-4-14/h7H,3-6H2,1-2H3,(H,18,19)(H,15,16,17). The van der Waals surface area contributed by atoms with Gasteiger partial charge >= 0.3 is 5.97 Å². The lowest BCUT2D eigenvalue weighted by atomic mass is 9.90. The van der Waals surface area contributed by atoms with Gasteiger partial charge in [-0.1, -0.05) is 0 Å². The second-order valence-corrected chi connectivity index (χ2v) is 6.51. The summed E-state index contributed by atoms with van der Waals surface area (Å²) in [6, 6.07) is 0. The maximum atomic E-state index is 11.7. The molecule has 0 aliphatic carbocycles. The van der Waals surface area contributed by atoms with E-state index in [0.29, 0.717) is 31.9 Å². The van der Waals surface area contributed by atoms with Crippen molar-refractivity contribution in [3.8, 4) is 0 Å². The number of aliphatic carboxylic acids is 1. The second-order valence-electron chi connectivity index (χ2n) is 5.31. The molecule has 1 aliphatic heterocycles. The molecule has 3 heterocycles. The molecule has 0 radical (unpaired) electrons. The number of hydrogen-bond acceptors (Lipinski definition) is 6. The normalized spacial score (nSPS) is 17.8. The first kappa shape index (κ1) is 14.2. The highest BCUT2D eigenvalue weighted by Crippen LogP contribution is 2.35. The molecule has 7 heteroatoms. The number of nitrogens with zero attached hydrogens (tertiary/aromatic N) is 2. The van der Waals surface area contributed by atoms with Gasteiger partial charge in [0, 0.05) is 30.9 Å². The van der Waals surface area contributed by atoms with Crippen molar-refractivity contribution in [3.05, 3.63) is 16.8 Å². The molecule has 0 saturated carbocycles. The number of carbonyl (C=O) groups is 1. The maximum absolute atomic E-state index is 11.7. The first-order chi connectivity index (χ1) is 10.0. The molecule has 0 spiro atoms. The molecule has 1 fully saturated rings. The van der Waals surface area contributed by atoms with E-state index in [2.05, 4.69) is 15.3 Å². The van der Waals surface area contributed by atoms with Gasteiger partial charge in [-0.15, -0.1) is 11.3 Å². The zero-order valence-electron chi connectivity index (χ0n) is 12.0. The third kappa shape index (κ3) is 2.36. The first-order valence-corrected chi connectivity index (χ1v) is 7.65. The number of aryl methyl sites for hydroxylation is 2. The van der Waals surface area contributed by atoms with Crippen LogP contribution in [0.5, 0.6) is 0 Å². The van der Waals surface area contributed by atoms with E-state index >= 15 is 0 Å². The Balaban J connectivity index is 2.06. The average Bonchev–Trinajstić information content (AvgIpc) is 2.76. The van der Waals surface area contributed by atoms with Gasteiger partial charge in [-0.2, -0.15) is 0 Å². The molecular weight excluding hydrogens is 290 g/mol. The molecular formula is C14H17N3O3S. The van der Waals surface area contributed by atoms with Crippen molar-refractivity contribution < 1.29 is 14.6 Å². The predicted octanol–water partition coefficient (Wildman–Crippen LogP) is 2.35. The van der Waals surface area contributed by atoms with Crippen LogP contribution in [0.4, 0.5) is 5.82 Å². The van der Waals surface area contributed by atoms with Crippen LogP contribution in [0.2, 0.25) is 0 Å². The Labute approximate surface area is 126 Å². The fourth-order valence-electron chi connectivity index (χ4n) is 2.62. The molecule has 2 aromatic heterocycles. The summed E-state index contributed by atoms with van der Waals surface area (Å²) in [5, 5.41) is 13.7. The van der Waals surface area contributed by atoms with Crippen molar-refractivity contribution in [2.75, 3.05) is 18.5 Å². The minimum atomic E-state index is -1.01. The smallest absolute Gasteiger partial charge is 0.329 e. The van der Waals surface area contributed by atoms with Crippen LogP contribution in [0.15, 0.2) is 6.33 Å². The van der Waals surface area contributed by atoms with Crippen LogP contribution in [-0.2, 0) is 9.53 Å². The van der Waals surface area contributed by atoms with Gasteiger partial charge in [-0.25, -0.2) is 14.8 Å². The number of carboxylic acid groups (broad SMARTS) is 1. The molecule has 21 heavy (non-hydrogen) atoms. The summed E-state index contributed by atoms with van der Waals surface area (Å²) < 4.78 is 5.29. The van der Waals surface area contributed by atoms with E-state index in [9.17, 15) is 9.90 Å². The van der Waals surface area contributed by atoms with E-state index in [1.807, 2.05) is 13.8 Å². The molecule has 3 rings (SSSR count). The summed E-state index contributed by atoms with van der Waals surface area (Å²) >= 11 is 1.60. The number of rotatable bonds is 3. The fourth-order valence-corrected chi connectivity index (χ4v) is 3.61. The Morgan fingerprint density at radius 1 is 1.38 bits per heavy atom. The number of ether oxygens (including phenoxy) is 1. The van der Waals surface area contributed by atoms with Crippen molar-refractivity contribution >= 4 is 33.3 Å². The number of carboxylic acids is 1. The van der Waals surface area contributed by atoms with Gasteiger partial charge in [0.1, 0.15) is 22.5 Å². The maximum Gasteiger partial charge on any atom is 0.329 e. The highest BCUT2D eigenvalue weighted by molar-refractivity contribution is 7.18.